The molecule has 0 bridgehead atoms. The summed E-state index contributed by atoms with van der Waals surface area (Å²) >= 11 is 5.86. The van der Waals surface area contributed by atoms with Crippen LogP contribution in [0.2, 0.25) is 5.02 Å². The van der Waals surface area contributed by atoms with E-state index in [0.717, 1.165) is 29.7 Å². The molecule has 1 N–H and O–H groups in total. The molecule has 0 unspecified atom stereocenters. The number of rotatable bonds is 5. The lowest BCUT2D eigenvalue weighted by atomic mass is 9.95. The second kappa shape index (κ2) is 6.01. The molecule has 0 aromatic heterocycles. The van der Waals surface area contributed by atoms with Crippen LogP contribution in [-0.4, -0.2) is 13.0 Å². The Balaban J connectivity index is 1.67. The van der Waals surface area contributed by atoms with Gasteiger partial charge in [0, 0.05) is 11.6 Å². The van der Waals surface area contributed by atoms with Crippen LogP contribution in [0.15, 0.2) is 48.5 Å². The van der Waals surface area contributed by atoms with E-state index in [2.05, 4.69) is 5.32 Å². The van der Waals surface area contributed by atoms with Crippen molar-refractivity contribution in [3.8, 4) is 5.75 Å². The van der Waals surface area contributed by atoms with Gasteiger partial charge >= 0.3 is 0 Å². The summed E-state index contributed by atoms with van der Waals surface area (Å²) < 4.78 is 5.17. The van der Waals surface area contributed by atoms with Crippen LogP contribution >= 0.6 is 11.6 Å². The number of nitrogens with one attached hydrogen (secondary N) is 1. The Bertz CT molecular complexity index is 660. The highest BCUT2D eigenvalue weighted by atomic mass is 35.5. The number of hydrogen-bond acceptors (Lipinski definition) is 2. The predicted molar refractivity (Wildman–Crippen MR) is 87.2 cm³/mol. The van der Waals surface area contributed by atoms with E-state index in [4.69, 9.17) is 16.3 Å². The first-order chi connectivity index (χ1) is 10.6. The summed E-state index contributed by atoms with van der Waals surface area (Å²) in [5, 5.41) is 3.74. The minimum Gasteiger partial charge on any atom is -0.497 e. The molecule has 2 aromatic carbocycles. The van der Waals surface area contributed by atoms with Gasteiger partial charge in [0.25, 0.3) is 0 Å². The topological polar surface area (TPSA) is 38.3 Å². The molecule has 0 heterocycles. The SMILES string of the molecule is COc1ccc(C2(C(=O)NCc3ccc(Cl)cc3)CC2)cc1. The monoisotopic (exact) mass is 315 g/mol. The fraction of sp³-hybridized carbons (Fsp3) is 0.278. The molecule has 0 radical (unpaired) electrons. The van der Waals surface area contributed by atoms with Crippen LogP contribution in [0.25, 0.3) is 0 Å². The fourth-order valence-electron chi connectivity index (χ4n) is 2.64. The first-order valence-electron chi connectivity index (χ1n) is 7.31. The van der Waals surface area contributed by atoms with E-state index >= 15 is 0 Å². The first kappa shape index (κ1) is 14.9. The zero-order valence-corrected chi connectivity index (χ0v) is 13.2. The standard InChI is InChI=1S/C18H18ClNO2/c1-22-16-8-4-14(5-9-16)18(10-11-18)17(21)20-12-13-2-6-15(19)7-3-13/h2-9H,10-12H2,1H3,(H,20,21). The molecule has 1 fully saturated rings. The maximum atomic E-state index is 12.6. The van der Waals surface area contributed by atoms with Gasteiger partial charge in [-0.2, -0.15) is 0 Å². The molecule has 1 aliphatic rings. The van der Waals surface area contributed by atoms with Crippen LogP contribution in [-0.2, 0) is 16.8 Å². The minimum atomic E-state index is -0.362. The lowest BCUT2D eigenvalue weighted by Crippen LogP contribution is -2.34. The van der Waals surface area contributed by atoms with E-state index in [9.17, 15) is 4.79 Å². The van der Waals surface area contributed by atoms with Gasteiger partial charge in [-0.1, -0.05) is 35.9 Å². The maximum absolute atomic E-state index is 12.6. The molecule has 22 heavy (non-hydrogen) atoms. The molecular formula is C18H18ClNO2. The van der Waals surface area contributed by atoms with Crippen molar-refractivity contribution in [2.45, 2.75) is 24.8 Å². The molecule has 1 saturated carbocycles. The van der Waals surface area contributed by atoms with Gasteiger partial charge in [-0.05, 0) is 48.2 Å². The van der Waals surface area contributed by atoms with E-state index in [1.54, 1.807) is 7.11 Å². The maximum Gasteiger partial charge on any atom is 0.230 e. The molecule has 3 nitrogen and oxygen atoms in total. The fourth-order valence-corrected chi connectivity index (χ4v) is 2.76. The van der Waals surface area contributed by atoms with Gasteiger partial charge in [0.05, 0.1) is 12.5 Å². The Labute approximate surface area is 135 Å². The molecule has 3 rings (SSSR count). The van der Waals surface area contributed by atoms with Crippen molar-refractivity contribution in [2.24, 2.45) is 0 Å². The number of ether oxygens (including phenoxy) is 1. The van der Waals surface area contributed by atoms with Gasteiger partial charge in [-0.25, -0.2) is 0 Å². The summed E-state index contributed by atoms with van der Waals surface area (Å²) in [7, 11) is 1.64. The van der Waals surface area contributed by atoms with E-state index in [1.807, 2.05) is 48.5 Å². The molecule has 0 aliphatic heterocycles. The molecule has 114 valence electrons. The number of benzene rings is 2. The minimum absolute atomic E-state index is 0.0904. The van der Waals surface area contributed by atoms with Gasteiger partial charge in [0.2, 0.25) is 5.91 Å². The Morgan fingerprint density at radius 1 is 1.14 bits per heavy atom. The van der Waals surface area contributed by atoms with Crippen LogP contribution in [0.3, 0.4) is 0 Å². The molecular weight excluding hydrogens is 298 g/mol. The second-order valence-corrected chi connectivity index (χ2v) is 6.06. The Morgan fingerprint density at radius 2 is 1.77 bits per heavy atom. The smallest absolute Gasteiger partial charge is 0.230 e. The van der Waals surface area contributed by atoms with Gasteiger partial charge in [-0.3, -0.25) is 4.79 Å². The zero-order valence-electron chi connectivity index (χ0n) is 12.4. The highest BCUT2D eigenvalue weighted by Gasteiger charge is 2.51. The summed E-state index contributed by atoms with van der Waals surface area (Å²) in [6.07, 6.45) is 1.79. The van der Waals surface area contributed by atoms with Crippen LogP contribution < -0.4 is 10.1 Å². The zero-order chi connectivity index (χ0) is 15.6. The second-order valence-electron chi connectivity index (χ2n) is 5.62. The van der Waals surface area contributed by atoms with Crippen molar-refractivity contribution in [2.75, 3.05) is 7.11 Å². The number of halogens is 1. The highest BCUT2D eigenvalue weighted by molar-refractivity contribution is 6.30. The first-order valence-corrected chi connectivity index (χ1v) is 7.69. The number of carbonyl (C=O) groups is 1. The predicted octanol–water partition coefficient (Wildman–Crippen LogP) is 3.70. The van der Waals surface area contributed by atoms with Gasteiger partial charge in [0.1, 0.15) is 5.75 Å². The summed E-state index contributed by atoms with van der Waals surface area (Å²) in [5.41, 5.74) is 1.74. The number of carbonyl (C=O) groups excluding carboxylic acids is 1. The Kier molecular flexibility index (Phi) is 4.08. The third kappa shape index (κ3) is 2.95. The molecule has 0 saturated heterocycles. The van der Waals surface area contributed by atoms with Crippen LogP contribution in [0.1, 0.15) is 24.0 Å². The van der Waals surface area contributed by atoms with Crippen LogP contribution in [0.5, 0.6) is 5.75 Å². The molecule has 2 aromatic rings. The lowest BCUT2D eigenvalue weighted by molar-refractivity contribution is -0.123. The number of amides is 1. The lowest BCUT2D eigenvalue weighted by Gasteiger charge is -2.16. The van der Waals surface area contributed by atoms with Crippen molar-refractivity contribution in [1.82, 2.24) is 5.32 Å². The number of methoxy groups -OCH3 is 1. The van der Waals surface area contributed by atoms with E-state index < -0.39 is 0 Å². The molecule has 1 aliphatic carbocycles. The summed E-state index contributed by atoms with van der Waals surface area (Å²) in [5.74, 6) is 0.897. The molecule has 0 spiro atoms. The van der Waals surface area contributed by atoms with Crippen molar-refractivity contribution in [3.05, 3.63) is 64.7 Å². The van der Waals surface area contributed by atoms with E-state index in [1.165, 1.54) is 0 Å². The van der Waals surface area contributed by atoms with Crippen molar-refractivity contribution >= 4 is 17.5 Å². The third-order valence-corrected chi connectivity index (χ3v) is 4.45. The number of hydrogen-bond donors (Lipinski definition) is 1. The van der Waals surface area contributed by atoms with Gasteiger partial charge in [-0.15, -0.1) is 0 Å². The van der Waals surface area contributed by atoms with Crippen LogP contribution in [0, 0.1) is 0 Å². The normalized spacial score (nSPS) is 15.2. The molecule has 4 heteroatoms. The summed E-state index contributed by atoms with van der Waals surface area (Å²) in [6, 6.07) is 15.3. The average molecular weight is 316 g/mol. The van der Waals surface area contributed by atoms with Crippen molar-refractivity contribution in [3.63, 3.8) is 0 Å². The quantitative estimate of drug-likeness (QED) is 0.913. The van der Waals surface area contributed by atoms with Crippen LogP contribution in [0.4, 0.5) is 0 Å². The Morgan fingerprint density at radius 3 is 2.32 bits per heavy atom. The highest BCUT2D eigenvalue weighted by Crippen LogP contribution is 2.48. The van der Waals surface area contributed by atoms with Crippen molar-refractivity contribution in [1.29, 1.82) is 0 Å². The average Bonchev–Trinajstić information content (AvgIpc) is 3.36. The Hall–Kier alpha value is -2.00. The summed E-state index contributed by atoms with van der Waals surface area (Å²) in [4.78, 5) is 12.6. The molecule has 1 amide bonds. The largest absolute Gasteiger partial charge is 0.497 e. The summed E-state index contributed by atoms with van der Waals surface area (Å²) in [6.45, 7) is 0.522. The van der Waals surface area contributed by atoms with Gasteiger partial charge < -0.3 is 10.1 Å². The van der Waals surface area contributed by atoms with E-state index in [0.29, 0.717) is 11.6 Å². The van der Waals surface area contributed by atoms with Crippen molar-refractivity contribution < 1.29 is 9.53 Å². The van der Waals surface area contributed by atoms with E-state index in [-0.39, 0.29) is 11.3 Å². The molecule has 0 atom stereocenters. The third-order valence-electron chi connectivity index (χ3n) is 4.19. The van der Waals surface area contributed by atoms with Gasteiger partial charge in [0.15, 0.2) is 0 Å².